The quantitative estimate of drug-likeness (QED) is 0.698. The van der Waals surface area contributed by atoms with Gasteiger partial charge in [-0.1, -0.05) is 13.8 Å². The molecule has 0 saturated heterocycles. The molecule has 5 heteroatoms. The van der Waals surface area contributed by atoms with Gasteiger partial charge in [0.1, 0.15) is 0 Å². The first-order valence-electron chi connectivity index (χ1n) is 5.37. The summed E-state index contributed by atoms with van der Waals surface area (Å²) in [5.74, 6) is 1.04. The van der Waals surface area contributed by atoms with E-state index in [1.807, 2.05) is 19.9 Å². The van der Waals surface area contributed by atoms with Gasteiger partial charge in [0.25, 0.3) is 0 Å². The van der Waals surface area contributed by atoms with E-state index in [9.17, 15) is 0 Å². The van der Waals surface area contributed by atoms with Gasteiger partial charge in [-0.05, 0) is 0 Å². The van der Waals surface area contributed by atoms with Crippen molar-refractivity contribution in [3.8, 4) is 0 Å². The Morgan fingerprint density at radius 2 is 1.94 bits per heavy atom. The van der Waals surface area contributed by atoms with Gasteiger partial charge in [-0.3, -0.25) is 0 Å². The van der Waals surface area contributed by atoms with E-state index in [2.05, 4.69) is 37.0 Å². The smallest absolute Gasteiger partial charge is 0 e. The third kappa shape index (κ3) is 2.38. The number of hydrogen-bond acceptors (Lipinski definition) is 2. The minimum absolute atomic E-state index is 0. The number of nitrogen functional groups attached to an aromatic ring is 1. The van der Waals surface area contributed by atoms with Crippen molar-refractivity contribution >= 4 is 23.5 Å². The molecule has 0 bridgehead atoms. The van der Waals surface area contributed by atoms with Crippen LogP contribution in [0.25, 0.3) is 10.8 Å². The first-order chi connectivity index (χ1) is 7.18. The number of nitrogens with two attached hydrogens (primary N) is 1. The van der Waals surface area contributed by atoms with E-state index in [1.165, 1.54) is 5.46 Å². The van der Waals surface area contributed by atoms with Crippen molar-refractivity contribution in [3.05, 3.63) is 17.6 Å². The van der Waals surface area contributed by atoms with E-state index in [-0.39, 0.29) is 0 Å². The Labute approximate surface area is 91.3 Å². The van der Waals surface area contributed by atoms with E-state index in [0.717, 1.165) is 10.8 Å². The van der Waals surface area contributed by atoms with Crippen molar-refractivity contribution in [2.75, 3.05) is 5.73 Å². The fourth-order valence-electron chi connectivity index (χ4n) is 1.37. The van der Waals surface area contributed by atoms with E-state index in [1.54, 1.807) is 0 Å². The molecule has 3 nitrogen and oxygen atoms in total. The number of anilines is 1. The van der Waals surface area contributed by atoms with Crippen LogP contribution < -0.4 is 10.8 Å². The minimum atomic E-state index is 0. The first kappa shape index (κ1) is 13.7. The maximum Gasteiger partial charge on any atom is 0 e. The van der Waals surface area contributed by atoms with Gasteiger partial charge in [0, 0.05) is 0 Å². The average molecular weight is 469 g/mol. The summed E-state index contributed by atoms with van der Waals surface area (Å²) >= 11 is 0. The summed E-state index contributed by atoms with van der Waals surface area (Å²) in [6.07, 6.45) is 0. The van der Waals surface area contributed by atoms with Gasteiger partial charge in [0.2, 0.25) is 0 Å². The van der Waals surface area contributed by atoms with Crippen LogP contribution in [0.3, 0.4) is 0 Å². The van der Waals surface area contributed by atoms with Crippen molar-refractivity contribution < 1.29 is 0 Å². The summed E-state index contributed by atoms with van der Waals surface area (Å²) < 4.78 is 0. The Balaban J connectivity index is 0.000000711. The Morgan fingerprint density at radius 1 is 1.31 bits per heavy atom. The molecule has 0 saturated carbocycles. The van der Waals surface area contributed by atoms with Crippen LogP contribution in [0.15, 0.2) is 12.1 Å². The Kier molecular flexibility index (Phi) is 4.74. The third-order valence-electron chi connectivity index (χ3n) is 2.23. The van der Waals surface area contributed by atoms with Crippen LogP contribution >= 0.6 is 0 Å². The van der Waals surface area contributed by atoms with Crippen molar-refractivity contribution in [1.29, 1.82) is 0 Å². The van der Waals surface area contributed by atoms with Crippen LogP contribution in [0.4, 0.5) is 5.82 Å². The number of hydrogen-bond donors (Lipinski definition) is 1. The molecule has 0 aliphatic heterocycles. The largest absolute Gasteiger partial charge is 0 e. The maximum absolute atomic E-state index is 5.67. The molecule has 0 aromatic carbocycles. The summed E-state index contributed by atoms with van der Waals surface area (Å²) in [4.78, 5) is 0. The van der Waals surface area contributed by atoms with Crippen molar-refractivity contribution in [3.63, 3.8) is 0 Å². The molecule has 82 valence electrons. The van der Waals surface area contributed by atoms with E-state index < -0.39 is 0 Å². The van der Waals surface area contributed by atoms with Crippen LogP contribution in [0, 0.1) is 0 Å². The van der Waals surface area contributed by atoms with Crippen LogP contribution in [0.2, 0.25) is 0 Å². The van der Waals surface area contributed by atoms with Gasteiger partial charge in [-0.2, -0.15) is 0 Å². The van der Waals surface area contributed by atoms with Crippen LogP contribution in [-0.2, 0) is 0 Å². The van der Waals surface area contributed by atoms with Crippen molar-refractivity contribution in [2.24, 2.45) is 0 Å². The van der Waals surface area contributed by atoms with Crippen LogP contribution in [0.1, 0.15) is 39.1 Å². The van der Waals surface area contributed by atoms with Gasteiger partial charge in [0.15, 0.2) is 0 Å². The molecule has 2 N–H and O–H groups in total. The molecule has 0 spiro atoms. The fraction of sp³-hybridized carbons (Fsp3) is 0.455. The molecule has 0 aliphatic carbocycles. The predicted molar refractivity (Wildman–Crippen MR) is 66.3 cm³/mol. The molecule has 0 fully saturated rings. The van der Waals surface area contributed by atoms with Crippen molar-refractivity contribution in [1.82, 2.24) is 10.2 Å². The average Bonchev–Trinajstić information content (AvgIpc) is 2.63. The first-order valence-corrected chi connectivity index (χ1v) is 5.37. The molecule has 16 heavy (non-hydrogen) atoms. The summed E-state index contributed by atoms with van der Waals surface area (Å²) in [5, 5.41) is 8.73. The number of nitrogens with zero attached hydrogens (tertiary/aromatic N) is 2. The molecule has 2 aromatic rings. The van der Waals surface area contributed by atoms with Gasteiger partial charge in [-0.25, -0.2) is 0 Å². The normalized spacial score (nSPS) is 9.31. The topological polar surface area (TPSA) is 53.0 Å². The Bertz CT molecular complexity index is 440. The second-order valence-electron chi connectivity index (χ2n) is 3.52. The number of rotatable bonds is 1. The molecule has 0 radical (unpaired) electrons. The van der Waals surface area contributed by atoms with Gasteiger partial charge < -0.3 is 0 Å². The second-order valence-corrected chi connectivity index (χ2v) is 3.52. The Morgan fingerprint density at radius 3 is 2.50 bits per heavy atom. The summed E-state index contributed by atoms with van der Waals surface area (Å²) in [5.41, 5.74) is 7.82. The molecule has 0 aliphatic rings. The summed E-state index contributed by atoms with van der Waals surface area (Å²) in [6, 6.07) is 4.04. The molecule has 2 heterocycles. The zero-order valence-electron chi connectivity index (χ0n) is 10.5. The predicted octanol–water partition coefficient (Wildman–Crippen LogP) is 2.26. The van der Waals surface area contributed by atoms with E-state index in [4.69, 9.17) is 5.73 Å². The second kappa shape index (κ2) is 5.54. The van der Waals surface area contributed by atoms with E-state index in [0.29, 0.717) is 11.7 Å². The molecular weight excluding hydrogens is 452 g/mol. The molecule has 0 unspecified atom stereocenters. The number of fused-ring (bicyclic) bond motifs is 1. The SMILES string of the molecule is CC.CC(C)c1bc2c(N)n[n-]c2cc1.[Rf]. The molecule has 2 aromatic heterocycles. The van der Waals surface area contributed by atoms with Gasteiger partial charge in [0.05, 0.1) is 0 Å². The zero-order valence-corrected chi connectivity index (χ0v) is 16.9. The van der Waals surface area contributed by atoms with Crippen LogP contribution in [0.5, 0.6) is 0 Å². The van der Waals surface area contributed by atoms with E-state index >= 15 is 0 Å². The zero-order chi connectivity index (χ0) is 11.4. The third-order valence-corrected chi connectivity index (χ3v) is 2.23. The maximum atomic E-state index is 5.67. The fourth-order valence-corrected chi connectivity index (χ4v) is 1.37. The standard InChI is InChI=1S/C9H11BN3.C2H6.Rf/c1-5(2)6-3-4-7-8(10-6)9(11)13-12-7;1-2;/h3-5H,1-2H3,(H2-,11,12,13);1-2H3;/q-1;;. The van der Waals surface area contributed by atoms with Gasteiger partial charge in [-0.15, -0.1) is 0 Å². The Hall–Kier alpha value is -2.32. The summed E-state index contributed by atoms with van der Waals surface area (Å²) in [7, 11) is 0. The molecular formula is C11H17BN3Rf-. The van der Waals surface area contributed by atoms with Crippen molar-refractivity contribution in [2.45, 2.75) is 33.6 Å². The number of aromatic nitrogens is 2. The molecule has 0 atom stereocenters. The van der Waals surface area contributed by atoms with Gasteiger partial charge >= 0.3 is 76.8 Å². The minimum Gasteiger partial charge on any atom is 0 e. The molecule has 0 amide bonds. The van der Waals surface area contributed by atoms with Crippen LogP contribution in [-0.4, -0.2) is 12.0 Å². The molecule has 2 rings (SSSR count). The summed E-state index contributed by atoms with van der Waals surface area (Å²) in [6.45, 7) is 10.4. The monoisotopic (exact) mass is 469 g/mol.